The van der Waals surface area contributed by atoms with Gasteiger partial charge >= 0.3 is 0 Å². The van der Waals surface area contributed by atoms with E-state index in [4.69, 9.17) is 4.74 Å². The highest BCUT2D eigenvalue weighted by Crippen LogP contribution is 2.25. The first-order valence-electron chi connectivity index (χ1n) is 9.43. The van der Waals surface area contributed by atoms with Crippen molar-refractivity contribution in [2.75, 3.05) is 11.8 Å². The van der Waals surface area contributed by atoms with Crippen LogP contribution in [0.15, 0.2) is 77.7 Å². The number of methoxy groups -OCH3 is 1. The summed E-state index contributed by atoms with van der Waals surface area (Å²) in [6, 6.07) is 20.1. The van der Waals surface area contributed by atoms with Crippen molar-refractivity contribution in [1.82, 2.24) is 5.32 Å². The number of para-hydroxylation sites is 1. The minimum atomic E-state index is -3.75. The monoisotopic (exact) mass is 424 g/mol. The Morgan fingerprint density at radius 1 is 0.967 bits per heavy atom. The van der Waals surface area contributed by atoms with Crippen molar-refractivity contribution in [3.8, 4) is 5.75 Å². The maximum Gasteiger partial charge on any atom is 0.261 e. The third-order valence-electron chi connectivity index (χ3n) is 4.66. The summed E-state index contributed by atoms with van der Waals surface area (Å²) in [7, 11) is -2.17. The molecule has 0 aromatic heterocycles. The molecule has 0 radical (unpaired) electrons. The number of benzene rings is 3. The highest BCUT2D eigenvalue weighted by atomic mass is 32.2. The molecule has 1 amide bonds. The van der Waals surface area contributed by atoms with Crippen LogP contribution in [0.4, 0.5) is 5.69 Å². The van der Waals surface area contributed by atoms with Gasteiger partial charge in [0.1, 0.15) is 5.75 Å². The molecule has 0 heterocycles. The minimum Gasteiger partial charge on any atom is -0.496 e. The lowest BCUT2D eigenvalue weighted by molar-refractivity contribution is 0.0939. The van der Waals surface area contributed by atoms with Crippen molar-refractivity contribution in [3.63, 3.8) is 0 Å². The Bertz CT molecular complexity index is 1140. The molecule has 6 nitrogen and oxygen atoms in total. The molecule has 30 heavy (non-hydrogen) atoms. The highest BCUT2D eigenvalue weighted by molar-refractivity contribution is 7.92. The number of amides is 1. The van der Waals surface area contributed by atoms with Gasteiger partial charge in [-0.05, 0) is 50.2 Å². The van der Waals surface area contributed by atoms with Crippen molar-refractivity contribution in [1.29, 1.82) is 0 Å². The zero-order chi connectivity index (χ0) is 21.7. The third kappa shape index (κ3) is 4.99. The summed E-state index contributed by atoms with van der Waals surface area (Å²) < 4.78 is 33.1. The topological polar surface area (TPSA) is 84.5 Å². The Morgan fingerprint density at radius 3 is 2.37 bits per heavy atom. The molecule has 0 saturated heterocycles. The molecule has 2 N–H and O–H groups in total. The number of hydrogen-bond donors (Lipinski definition) is 2. The predicted molar refractivity (Wildman–Crippen MR) is 117 cm³/mol. The van der Waals surface area contributed by atoms with E-state index in [1.54, 1.807) is 49.6 Å². The van der Waals surface area contributed by atoms with Gasteiger partial charge in [-0.2, -0.15) is 0 Å². The summed E-state index contributed by atoms with van der Waals surface area (Å²) in [4.78, 5) is 12.9. The van der Waals surface area contributed by atoms with Crippen LogP contribution < -0.4 is 14.8 Å². The zero-order valence-corrected chi connectivity index (χ0v) is 17.9. The number of rotatable bonds is 7. The minimum absolute atomic E-state index is 0.160. The van der Waals surface area contributed by atoms with Gasteiger partial charge in [0, 0.05) is 16.8 Å². The van der Waals surface area contributed by atoms with E-state index in [9.17, 15) is 13.2 Å². The van der Waals surface area contributed by atoms with E-state index in [0.717, 1.165) is 11.1 Å². The molecule has 0 bridgehead atoms. The Balaban J connectivity index is 1.76. The lowest BCUT2D eigenvalue weighted by Crippen LogP contribution is -2.27. The van der Waals surface area contributed by atoms with Crippen molar-refractivity contribution in [2.24, 2.45) is 0 Å². The van der Waals surface area contributed by atoms with E-state index in [2.05, 4.69) is 10.0 Å². The van der Waals surface area contributed by atoms with Crippen LogP contribution in [-0.4, -0.2) is 21.4 Å². The lowest BCUT2D eigenvalue weighted by atomic mass is 10.1. The zero-order valence-electron chi connectivity index (χ0n) is 17.0. The fraction of sp³-hybridized carbons (Fsp3) is 0.174. The summed E-state index contributed by atoms with van der Waals surface area (Å²) in [6.07, 6.45) is 0. The van der Waals surface area contributed by atoms with Crippen LogP contribution in [0.25, 0.3) is 0 Å². The molecule has 0 saturated carbocycles. The smallest absolute Gasteiger partial charge is 0.261 e. The molecule has 0 aliphatic carbocycles. The van der Waals surface area contributed by atoms with Gasteiger partial charge in [0.05, 0.1) is 18.0 Å². The standard InChI is InChI=1S/C23H24N2O4S/c1-16-11-13-20(14-12-16)30(27,28)25-19-8-6-7-18(15-19)23(26)24-17(2)21-9-4-5-10-22(21)29-3/h4-15,17,25H,1-3H3,(H,24,26). The second kappa shape index (κ2) is 9.00. The van der Waals surface area contributed by atoms with Crippen LogP contribution in [-0.2, 0) is 10.0 Å². The molecule has 156 valence electrons. The third-order valence-corrected chi connectivity index (χ3v) is 6.06. The van der Waals surface area contributed by atoms with E-state index in [0.29, 0.717) is 17.0 Å². The van der Waals surface area contributed by atoms with E-state index in [1.165, 1.54) is 6.07 Å². The maximum atomic E-state index is 12.7. The van der Waals surface area contributed by atoms with Crippen molar-refractivity contribution >= 4 is 21.6 Å². The van der Waals surface area contributed by atoms with Gasteiger partial charge in [-0.25, -0.2) is 8.42 Å². The summed E-state index contributed by atoms with van der Waals surface area (Å²) >= 11 is 0. The molecule has 3 aromatic rings. The number of hydrogen-bond acceptors (Lipinski definition) is 4. The summed E-state index contributed by atoms with van der Waals surface area (Å²) in [6.45, 7) is 3.75. The Kier molecular flexibility index (Phi) is 6.42. The van der Waals surface area contributed by atoms with E-state index in [1.807, 2.05) is 38.1 Å². The van der Waals surface area contributed by atoms with Crippen LogP contribution in [0.2, 0.25) is 0 Å². The average molecular weight is 425 g/mol. The van der Waals surface area contributed by atoms with Gasteiger partial charge in [0.2, 0.25) is 0 Å². The molecular weight excluding hydrogens is 400 g/mol. The number of ether oxygens (including phenoxy) is 1. The first-order valence-corrected chi connectivity index (χ1v) is 10.9. The van der Waals surface area contributed by atoms with Crippen LogP contribution in [0.1, 0.15) is 34.5 Å². The second-order valence-corrected chi connectivity index (χ2v) is 8.62. The number of anilines is 1. The van der Waals surface area contributed by atoms with Crippen LogP contribution in [0, 0.1) is 6.92 Å². The van der Waals surface area contributed by atoms with E-state index >= 15 is 0 Å². The fourth-order valence-corrected chi connectivity index (χ4v) is 4.09. The van der Waals surface area contributed by atoms with Gasteiger partial charge in [-0.1, -0.05) is 42.0 Å². The summed E-state index contributed by atoms with van der Waals surface area (Å²) in [5.41, 5.74) is 2.48. The maximum absolute atomic E-state index is 12.7. The first-order chi connectivity index (χ1) is 14.3. The van der Waals surface area contributed by atoms with Crippen LogP contribution in [0.3, 0.4) is 0 Å². The average Bonchev–Trinajstić information content (AvgIpc) is 2.73. The van der Waals surface area contributed by atoms with Crippen molar-refractivity contribution in [3.05, 3.63) is 89.5 Å². The van der Waals surface area contributed by atoms with E-state index in [-0.39, 0.29) is 16.8 Å². The molecule has 0 fully saturated rings. The van der Waals surface area contributed by atoms with Gasteiger partial charge < -0.3 is 10.1 Å². The molecular formula is C23H24N2O4S. The molecule has 7 heteroatoms. The largest absolute Gasteiger partial charge is 0.496 e. The number of nitrogens with one attached hydrogen (secondary N) is 2. The first kappa shape index (κ1) is 21.4. The normalized spacial score (nSPS) is 12.1. The Morgan fingerprint density at radius 2 is 1.67 bits per heavy atom. The lowest BCUT2D eigenvalue weighted by Gasteiger charge is -2.17. The van der Waals surface area contributed by atoms with E-state index < -0.39 is 10.0 Å². The summed E-state index contributed by atoms with van der Waals surface area (Å²) in [5, 5.41) is 2.92. The quantitative estimate of drug-likeness (QED) is 0.592. The molecule has 0 aliphatic rings. The van der Waals surface area contributed by atoms with Gasteiger partial charge in [-0.15, -0.1) is 0 Å². The highest BCUT2D eigenvalue weighted by Gasteiger charge is 2.17. The number of carbonyl (C=O) groups is 1. The van der Waals surface area contributed by atoms with Crippen LogP contribution in [0.5, 0.6) is 5.75 Å². The van der Waals surface area contributed by atoms with Crippen LogP contribution >= 0.6 is 0 Å². The molecule has 3 aromatic carbocycles. The molecule has 1 atom stereocenters. The Labute approximate surface area is 177 Å². The second-order valence-electron chi connectivity index (χ2n) is 6.94. The molecule has 3 rings (SSSR count). The van der Waals surface area contributed by atoms with Gasteiger partial charge in [0.15, 0.2) is 0 Å². The number of sulfonamides is 1. The Hall–Kier alpha value is -3.32. The predicted octanol–water partition coefficient (Wildman–Crippen LogP) is 4.30. The molecule has 1 unspecified atom stereocenters. The van der Waals surface area contributed by atoms with Crippen molar-refractivity contribution < 1.29 is 17.9 Å². The molecule has 0 aliphatic heterocycles. The number of carbonyl (C=O) groups excluding carboxylic acids is 1. The molecule has 0 spiro atoms. The number of aryl methyl sites for hydroxylation is 1. The van der Waals surface area contributed by atoms with Gasteiger partial charge in [-0.3, -0.25) is 9.52 Å². The summed E-state index contributed by atoms with van der Waals surface area (Å²) in [5.74, 6) is 0.370. The SMILES string of the molecule is COc1ccccc1C(C)NC(=O)c1cccc(NS(=O)(=O)c2ccc(C)cc2)c1. The van der Waals surface area contributed by atoms with Crippen molar-refractivity contribution in [2.45, 2.75) is 24.8 Å². The van der Waals surface area contributed by atoms with Gasteiger partial charge in [0.25, 0.3) is 15.9 Å². The fourth-order valence-electron chi connectivity index (χ4n) is 3.04.